The van der Waals surface area contributed by atoms with Gasteiger partial charge in [-0.05, 0) is 73.9 Å². The Morgan fingerprint density at radius 2 is 1.75 bits per heavy atom. The Labute approximate surface area is 211 Å². The van der Waals surface area contributed by atoms with E-state index in [-0.39, 0.29) is 30.2 Å². The number of amides is 3. The van der Waals surface area contributed by atoms with Crippen molar-refractivity contribution in [2.75, 3.05) is 13.1 Å². The van der Waals surface area contributed by atoms with E-state index in [0.717, 1.165) is 37.2 Å². The summed E-state index contributed by atoms with van der Waals surface area (Å²) in [6.45, 7) is 2.55. The van der Waals surface area contributed by atoms with Crippen molar-refractivity contribution in [1.29, 1.82) is 0 Å². The summed E-state index contributed by atoms with van der Waals surface area (Å²) in [6.07, 6.45) is 6.54. The first-order chi connectivity index (χ1) is 17.6. The molecule has 7 nitrogen and oxygen atoms in total. The van der Waals surface area contributed by atoms with Crippen molar-refractivity contribution in [3.05, 3.63) is 65.2 Å². The molecule has 3 amide bonds. The van der Waals surface area contributed by atoms with Crippen molar-refractivity contribution in [1.82, 2.24) is 15.1 Å². The van der Waals surface area contributed by atoms with E-state index in [4.69, 9.17) is 4.74 Å². The molecule has 3 heterocycles. The normalized spacial score (nSPS) is 28.8. The van der Waals surface area contributed by atoms with Gasteiger partial charge in [-0.15, -0.1) is 0 Å². The van der Waals surface area contributed by atoms with E-state index in [1.165, 1.54) is 24.8 Å². The smallest absolute Gasteiger partial charge is 0.255 e. The first-order valence-corrected chi connectivity index (χ1v) is 13.3. The number of benzene rings is 2. The molecule has 0 bridgehead atoms. The zero-order valence-electron chi connectivity index (χ0n) is 20.5. The number of nitrogens with zero attached hydrogens (tertiary/aromatic N) is 2. The van der Waals surface area contributed by atoms with Crippen molar-refractivity contribution in [3.8, 4) is 5.75 Å². The molecule has 1 saturated carbocycles. The fourth-order valence-electron chi connectivity index (χ4n) is 6.52. The van der Waals surface area contributed by atoms with Gasteiger partial charge in [0, 0.05) is 31.1 Å². The maximum atomic E-state index is 13.0. The van der Waals surface area contributed by atoms with Crippen molar-refractivity contribution in [3.63, 3.8) is 0 Å². The summed E-state index contributed by atoms with van der Waals surface area (Å²) in [5.74, 6) is 0.575. The van der Waals surface area contributed by atoms with Gasteiger partial charge in [0.15, 0.2) is 0 Å². The highest BCUT2D eigenvalue weighted by Gasteiger charge is 2.40. The monoisotopic (exact) mass is 487 g/mol. The summed E-state index contributed by atoms with van der Waals surface area (Å²) >= 11 is 0. The van der Waals surface area contributed by atoms with Crippen LogP contribution in [0.15, 0.2) is 48.5 Å². The van der Waals surface area contributed by atoms with Gasteiger partial charge < -0.3 is 9.64 Å². The van der Waals surface area contributed by atoms with Crippen LogP contribution in [0.1, 0.15) is 72.3 Å². The number of imide groups is 1. The van der Waals surface area contributed by atoms with Crippen LogP contribution in [0.2, 0.25) is 0 Å². The van der Waals surface area contributed by atoms with Gasteiger partial charge in [0.1, 0.15) is 17.9 Å². The highest BCUT2D eigenvalue weighted by atomic mass is 16.5. The summed E-state index contributed by atoms with van der Waals surface area (Å²) in [7, 11) is 0. The van der Waals surface area contributed by atoms with Gasteiger partial charge in [-0.25, -0.2) is 0 Å². The molecule has 188 valence electrons. The Balaban J connectivity index is 1.14. The van der Waals surface area contributed by atoms with Gasteiger partial charge in [-0.3, -0.25) is 24.6 Å². The lowest BCUT2D eigenvalue weighted by atomic mass is 9.91. The number of ether oxygens (including phenoxy) is 1. The van der Waals surface area contributed by atoms with Gasteiger partial charge >= 0.3 is 0 Å². The van der Waals surface area contributed by atoms with E-state index in [9.17, 15) is 14.4 Å². The lowest BCUT2D eigenvalue weighted by Gasteiger charge is -2.38. The number of carbonyl (C=O) groups is 3. The lowest BCUT2D eigenvalue weighted by molar-refractivity contribution is -0.136. The van der Waals surface area contributed by atoms with E-state index < -0.39 is 6.04 Å². The number of hydrogen-bond acceptors (Lipinski definition) is 5. The Morgan fingerprint density at radius 3 is 2.58 bits per heavy atom. The highest BCUT2D eigenvalue weighted by Crippen LogP contribution is 2.36. The molecule has 3 fully saturated rings. The van der Waals surface area contributed by atoms with Crippen LogP contribution >= 0.6 is 0 Å². The molecular formula is C29H33N3O4. The molecule has 2 aromatic rings. The minimum atomic E-state index is -0.595. The Kier molecular flexibility index (Phi) is 6.25. The Hall–Kier alpha value is -3.19. The summed E-state index contributed by atoms with van der Waals surface area (Å²) in [5, 5.41) is 2.36. The van der Waals surface area contributed by atoms with Crippen molar-refractivity contribution < 1.29 is 19.1 Å². The van der Waals surface area contributed by atoms with Crippen LogP contribution in [0, 0.1) is 0 Å². The molecule has 4 aliphatic rings. The molecule has 2 saturated heterocycles. The summed E-state index contributed by atoms with van der Waals surface area (Å²) in [5.41, 5.74) is 2.94. The summed E-state index contributed by atoms with van der Waals surface area (Å²) < 4.78 is 6.60. The van der Waals surface area contributed by atoms with E-state index in [0.29, 0.717) is 30.5 Å². The predicted molar refractivity (Wildman–Crippen MR) is 135 cm³/mol. The van der Waals surface area contributed by atoms with Gasteiger partial charge in [0.05, 0.1) is 0 Å². The minimum absolute atomic E-state index is 0.134. The molecule has 0 spiro atoms. The molecule has 3 aliphatic heterocycles. The molecule has 1 N–H and O–H groups in total. The lowest BCUT2D eigenvalue weighted by Crippen LogP contribution is -2.52. The molecule has 2 aromatic carbocycles. The average Bonchev–Trinajstić information content (AvgIpc) is 3.50. The SMILES string of the molecule is O=C1CCC(N2Cc3cc(O[C@@H]4CCCC[C@H]4N4CCC(c5ccccc5)C4)ccc3C2=O)C(=O)N1. The molecule has 7 heteroatoms. The second-order valence-corrected chi connectivity index (χ2v) is 10.6. The highest BCUT2D eigenvalue weighted by molar-refractivity contribution is 6.05. The third-order valence-electron chi connectivity index (χ3n) is 8.41. The molecule has 4 atom stereocenters. The largest absolute Gasteiger partial charge is 0.489 e. The maximum absolute atomic E-state index is 13.0. The number of likely N-dealkylation sites (tertiary alicyclic amines) is 1. The van der Waals surface area contributed by atoms with Crippen LogP contribution in [0.5, 0.6) is 5.75 Å². The second kappa shape index (κ2) is 9.69. The molecule has 2 unspecified atom stereocenters. The third kappa shape index (κ3) is 4.41. The fraction of sp³-hybridized carbons (Fsp3) is 0.483. The first-order valence-electron chi connectivity index (χ1n) is 13.3. The van der Waals surface area contributed by atoms with E-state index in [1.54, 1.807) is 4.90 Å². The quantitative estimate of drug-likeness (QED) is 0.652. The third-order valence-corrected chi connectivity index (χ3v) is 8.41. The predicted octanol–water partition coefficient (Wildman–Crippen LogP) is 3.63. The van der Waals surface area contributed by atoms with Crippen molar-refractivity contribution in [2.45, 2.75) is 75.6 Å². The topological polar surface area (TPSA) is 79.0 Å². The van der Waals surface area contributed by atoms with E-state index in [2.05, 4.69) is 40.5 Å². The number of carbonyl (C=O) groups excluding carboxylic acids is 3. The molecule has 0 radical (unpaired) electrons. The Bertz CT molecular complexity index is 1170. The van der Waals surface area contributed by atoms with Crippen LogP contribution in [0.3, 0.4) is 0 Å². The number of nitrogens with one attached hydrogen (secondary N) is 1. The molecule has 6 rings (SSSR count). The van der Waals surface area contributed by atoms with Crippen molar-refractivity contribution in [2.24, 2.45) is 0 Å². The van der Waals surface area contributed by atoms with Gasteiger partial charge in [0.25, 0.3) is 5.91 Å². The fourth-order valence-corrected chi connectivity index (χ4v) is 6.52. The first kappa shape index (κ1) is 23.2. The Morgan fingerprint density at radius 1 is 0.917 bits per heavy atom. The van der Waals surface area contributed by atoms with Crippen LogP contribution in [-0.2, 0) is 16.1 Å². The zero-order chi connectivity index (χ0) is 24.6. The van der Waals surface area contributed by atoms with Crippen LogP contribution in [0.4, 0.5) is 0 Å². The maximum Gasteiger partial charge on any atom is 0.255 e. The molecule has 36 heavy (non-hydrogen) atoms. The number of rotatable bonds is 5. The van der Waals surface area contributed by atoms with Crippen LogP contribution in [-0.4, -0.2) is 58.8 Å². The average molecular weight is 488 g/mol. The number of fused-ring (bicyclic) bond motifs is 1. The molecule has 0 aromatic heterocycles. The molecular weight excluding hydrogens is 454 g/mol. The second-order valence-electron chi connectivity index (χ2n) is 10.6. The summed E-state index contributed by atoms with van der Waals surface area (Å²) in [6, 6.07) is 16.3. The van der Waals surface area contributed by atoms with Gasteiger partial charge in [0.2, 0.25) is 11.8 Å². The van der Waals surface area contributed by atoms with Gasteiger partial charge in [-0.1, -0.05) is 36.8 Å². The van der Waals surface area contributed by atoms with Gasteiger partial charge in [-0.2, -0.15) is 0 Å². The summed E-state index contributed by atoms with van der Waals surface area (Å²) in [4.78, 5) is 41.1. The number of piperidine rings is 1. The van der Waals surface area contributed by atoms with Crippen LogP contribution < -0.4 is 10.1 Å². The van der Waals surface area contributed by atoms with E-state index >= 15 is 0 Å². The van der Waals surface area contributed by atoms with E-state index in [1.807, 2.05) is 18.2 Å². The minimum Gasteiger partial charge on any atom is -0.489 e. The van der Waals surface area contributed by atoms with Crippen molar-refractivity contribution >= 4 is 17.7 Å². The zero-order valence-corrected chi connectivity index (χ0v) is 20.5. The standard InChI is InChI=1S/C29H33N3O4/c33-27-13-12-25(28(34)30-27)32-18-21-16-22(10-11-23(21)29(32)35)36-26-9-5-4-8-24(26)31-15-14-20(17-31)19-6-2-1-3-7-19/h1-3,6-7,10-11,16,20,24-26H,4-5,8-9,12-15,17-18H2,(H,30,33,34)/t20?,24-,25?,26-/m1/s1. The number of hydrogen-bond donors (Lipinski definition) is 1. The molecule has 1 aliphatic carbocycles. The van der Waals surface area contributed by atoms with Crippen LogP contribution in [0.25, 0.3) is 0 Å².